The number of ether oxygens (including phenoxy) is 2. The summed E-state index contributed by atoms with van der Waals surface area (Å²) in [6.07, 6.45) is 3.42. The molecular weight excluding hydrogens is 284 g/mol. The highest BCUT2D eigenvalue weighted by atomic mass is 79.9. The molecule has 17 heavy (non-hydrogen) atoms. The highest BCUT2D eigenvalue weighted by molar-refractivity contribution is 9.09. The summed E-state index contributed by atoms with van der Waals surface area (Å²) in [5, 5.41) is 8.94. The van der Waals surface area contributed by atoms with E-state index in [1.165, 1.54) is 0 Å². The van der Waals surface area contributed by atoms with Crippen LogP contribution in [-0.4, -0.2) is 23.8 Å². The van der Waals surface area contributed by atoms with Crippen molar-refractivity contribution >= 4 is 15.9 Å². The third kappa shape index (κ3) is 9.66. The van der Waals surface area contributed by atoms with Crippen LogP contribution in [0.25, 0.3) is 0 Å². The first kappa shape index (κ1) is 15.7. The van der Waals surface area contributed by atoms with Gasteiger partial charge >= 0.3 is 0 Å². The van der Waals surface area contributed by atoms with Gasteiger partial charge in [-0.05, 0) is 28.1 Å². The fraction of sp³-hybridized carbons (Fsp3) is 0.231. The van der Waals surface area contributed by atoms with Gasteiger partial charge in [-0.15, -0.1) is 13.2 Å². The monoisotopic (exact) mass is 300 g/mol. The van der Waals surface area contributed by atoms with Crippen LogP contribution in [0.15, 0.2) is 49.6 Å². The summed E-state index contributed by atoms with van der Waals surface area (Å²) in [6.45, 7) is 8.18. The predicted molar refractivity (Wildman–Crippen MR) is 73.7 cm³/mol. The van der Waals surface area contributed by atoms with Crippen molar-refractivity contribution in [2.45, 2.75) is 0 Å². The van der Waals surface area contributed by atoms with Crippen molar-refractivity contribution in [1.82, 2.24) is 0 Å². The lowest BCUT2D eigenvalue weighted by Crippen LogP contribution is -1.87. The number of hydrogen-bond acceptors (Lipinski definition) is 3. The lowest BCUT2D eigenvalue weighted by molar-refractivity contribution is 0.194. The number of halogens is 1. The minimum absolute atomic E-state index is 0.221. The second kappa shape index (κ2) is 11.2. The Kier molecular flexibility index (Phi) is 10.4. The standard InChI is InChI=1S/C7H7BrO2.C6H10O/c8-5-10-7-3-1-2-6(9)4-7;1-3-5-7-6-4-2/h1-4,9H,5H2;3-4H,1-2,5-6H2. The molecule has 0 aliphatic carbocycles. The summed E-state index contributed by atoms with van der Waals surface area (Å²) in [5.74, 6) is 0.885. The molecule has 0 bridgehead atoms. The van der Waals surface area contributed by atoms with E-state index in [9.17, 15) is 0 Å². The van der Waals surface area contributed by atoms with Gasteiger partial charge in [0.05, 0.1) is 13.2 Å². The highest BCUT2D eigenvalue weighted by Gasteiger charge is 1.91. The Hall–Kier alpha value is -1.26. The summed E-state index contributed by atoms with van der Waals surface area (Å²) >= 11 is 3.11. The van der Waals surface area contributed by atoms with Gasteiger partial charge in [0, 0.05) is 6.07 Å². The average Bonchev–Trinajstić information content (AvgIpc) is 2.31. The molecule has 1 N–H and O–H groups in total. The molecule has 4 heteroatoms. The van der Waals surface area contributed by atoms with Crippen LogP contribution in [0.3, 0.4) is 0 Å². The van der Waals surface area contributed by atoms with E-state index in [0.29, 0.717) is 24.5 Å². The zero-order valence-electron chi connectivity index (χ0n) is 9.64. The van der Waals surface area contributed by atoms with Gasteiger partial charge < -0.3 is 14.6 Å². The van der Waals surface area contributed by atoms with E-state index in [4.69, 9.17) is 14.6 Å². The number of aromatic hydroxyl groups is 1. The Bertz CT molecular complexity index is 318. The second-order valence-corrected chi connectivity index (χ2v) is 3.32. The van der Waals surface area contributed by atoms with Crippen LogP contribution in [-0.2, 0) is 4.74 Å². The normalized spacial score (nSPS) is 8.76. The minimum Gasteiger partial charge on any atom is -0.508 e. The number of hydrogen-bond donors (Lipinski definition) is 1. The third-order valence-electron chi connectivity index (χ3n) is 1.51. The van der Waals surface area contributed by atoms with Crippen LogP contribution >= 0.6 is 15.9 Å². The second-order valence-electron chi connectivity index (χ2n) is 2.87. The van der Waals surface area contributed by atoms with Crippen molar-refractivity contribution in [3.63, 3.8) is 0 Å². The van der Waals surface area contributed by atoms with Crippen LogP contribution in [0.1, 0.15) is 0 Å². The van der Waals surface area contributed by atoms with Crippen molar-refractivity contribution in [1.29, 1.82) is 0 Å². The van der Waals surface area contributed by atoms with Gasteiger partial charge in [-0.2, -0.15) is 0 Å². The highest BCUT2D eigenvalue weighted by Crippen LogP contribution is 2.17. The van der Waals surface area contributed by atoms with Crippen molar-refractivity contribution in [2.75, 3.05) is 18.7 Å². The van der Waals surface area contributed by atoms with E-state index < -0.39 is 0 Å². The van der Waals surface area contributed by atoms with E-state index in [-0.39, 0.29) is 5.75 Å². The molecule has 0 amide bonds. The largest absolute Gasteiger partial charge is 0.508 e. The van der Waals surface area contributed by atoms with Crippen molar-refractivity contribution in [3.05, 3.63) is 49.6 Å². The van der Waals surface area contributed by atoms with Gasteiger partial charge in [0.2, 0.25) is 0 Å². The van der Waals surface area contributed by atoms with Crippen LogP contribution in [0.5, 0.6) is 11.5 Å². The molecule has 1 aromatic rings. The van der Waals surface area contributed by atoms with Gasteiger partial charge in [-0.3, -0.25) is 0 Å². The van der Waals surface area contributed by atoms with Crippen LogP contribution in [0.2, 0.25) is 0 Å². The van der Waals surface area contributed by atoms with Gasteiger partial charge in [-0.1, -0.05) is 18.2 Å². The number of phenols is 1. The molecule has 0 aromatic heterocycles. The molecular formula is C13H17BrO3. The van der Waals surface area contributed by atoms with Crippen molar-refractivity contribution in [3.8, 4) is 11.5 Å². The van der Waals surface area contributed by atoms with E-state index in [0.717, 1.165) is 0 Å². The summed E-state index contributed by atoms with van der Waals surface area (Å²) in [6, 6.07) is 6.66. The van der Waals surface area contributed by atoms with Crippen molar-refractivity contribution in [2.24, 2.45) is 0 Å². The van der Waals surface area contributed by atoms with E-state index in [1.54, 1.807) is 36.4 Å². The smallest absolute Gasteiger partial charge is 0.143 e. The first-order chi connectivity index (χ1) is 8.24. The zero-order chi connectivity index (χ0) is 12.9. The fourth-order valence-electron chi connectivity index (χ4n) is 0.871. The molecule has 1 rings (SSSR count). The SMILES string of the molecule is C=CCOCC=C.Oc1cccc(OCBr)c1. The van der Waals surface area contributed by atoms with Gasteiger partial charge in [0.1, 0.15) is 17.0 Å². The molecule has 0 aliphatic rings. The summed E-state index contributed by atoms with van der Waals surface area (Å²) in [5.41, 5.74) is 0.441. The average molecular weight is 301 g/mol. The lowest BCUT2D eigenvalue weighted by atomic mass is 10.3. The quantitative estimate of drug-likeness (QED) is 0.496. The van der Waals surface area contributed by atoms with Crippen molar-refractivity contribution < 1.29 is 14.6 Å². The van der Waals surface area contributed by atoms with Gasteiger partial charge in [0.15, 0.2) is 0 Å². The Morgan fingerprint density at radius 1 is 1.24 bits per heavy atom. The molecule has 0 aliphatic heterocycles. The predicted octanol–water partition coefficient (Wildman–Crippen LogP) is 3.50. The van der Waals surface area contributed by atoms with Crippen LogP contribution in [0, 0.1) is 0 Å². The maximum atomic E-state index is 8.94. The Labute approximate surface area is 111 Å². The van der Waals surface area contributed by atoms with E-state index >= 15 is 0 Å². The summed E-state index contributed by atoms with van der Waals surface area (Å²) in [7, 11) is 0. The lowest BCUT2D eigenvalue weighted by Gasteiger charge is -2.00. The molecule has 0 atom stereocenters. The molecule has 0 heterocycles. The maximum Gasteiger partial charge on any atom is 0.143 e. The molecule has 0 saturated carbocycles. The molecule has 0 fully saturated rings. The number of benzene rings is 1. The number of rotatable bonds is 6. The number of phenolic OH excluding ortho intramolecular Hbond substituents is 1. The molecule has 3 nitrogen and oxygen atoms in total. The van der Waals surface area contributed by atoms with Gasteiger partial charge in [-0.25, -0.2) is 0 Å². The number of alkyl halides is 1. The minimum atomic E-state index is 0.221. The Morgan fingerprint density at radius 3 is 2.35 bits per heavy atom. The third-order valence-corrected chi connectivity index (χ3v) is 1.74. The zero-order valence-corrected chi connectivity index (χ0v) is 11.2. The molecule has 0 saturated heterocycles. The Balaban J connectivity index is 0.000000325. The molecule has 1 aromatic carbocycles. The summed E-state index contributed by atoms with van der Waals surface area (Å²) in [4.78, 5) is 0. The first-order valence-electron chi connectivity index (χ1n) is 5.02. The van der Waals surface area contributed by atoms with Gasteiger partial charge in [0.25, 0.3) is 0 Å². The fourth-order valence-corrected chi connectivity index (χ4v) is 1.14. The molecule has 0 radical (unpaired) electrons. The van der Waals surface area contributed by atoms with Crippen LogP contribution in [0.4, 0.5) is 0 Å². The van der Waals surface area contributed by atoms with Crippen LogP contribution < -0.4 is 4.74 Å². The van der Waals surface area contributed by atoms with E-state index in [1.807, 2.05) is 0 Å². The Morgan fingerprint density at radius 2 is 1.88 bits per heavy atom. The summed E-state index contributed by atoms with van der Waals surface area (Å²) < 4.78 is 9.94. The maximum absolute atomic E-state index is 8.94. The topological polar surface area (TPSA) is 38.7 Å². The molecule has 94 valence electrons. The molecule has 0 unspecified atom stereocenters. The van der Waals surface area contributed by atoms with E-state index in [2.05, 4.69) is 29.1 Å². The first-order valence-corrected chi connectivity index (χ1v) is 6.14. The molecule has 0 spiro atoms.